The molecule has 4 rings (SSSR count). The van der Waals surface area contributed by atoms with Gasteiger partial charge in [-0.15, -0.1) is 11.3 Å². The fraction of sp³-hybridized carbons (Fsp3) is 0.455. The van der Waals surface area contributed by atoms with Gasteiger partial charge in [-0.2, -0.15) is 0 Å². The number of hydrogen-bond donors (Lipinski definition) is 2. The highest BCUT2D eigenvalue weighted by molar-refractivity contribution is 7.13. The van der Waals surface area contributed by atoms with Crippen LogP contribution in [0.2, 0.25) is 0 Å². The first kappa shape index (κ1) is 22.2. The van der Waals surface area contributed by atoms with Gasteiger partial charge in [0.1, 0.15) is 16.1 Å². The molecule has 32 heavy (non-hydrogen) atoms. The van der Waals surface area contributed by atoms with Crippen molar-refractivity contribution in [2.24, 2.45) is 5.73 Å². The first-order valence-corrected chi connectivity index (χ1v) is 11.5. The molecule has 2 amide bonds. The Labute approximate surface area is 189 Å². The molecule has 0 bridgehead atoms. The summed E-state index contributed by atoms with van der Waals surface area (Å²) in [6.45, 7) is 7.42. The largest absolute Gasteiger partial charge is 0.491 e. The van der Waals surface area contributed by atoms with E-state index in [0.29, 0.717) is 60.3 Å². The molecule has 0 spiro atoms. The van der Waals surface area contributed by atoms with Crippen molar-refractivity contribution in [1.82, 2.24) is 14.5 Å². The first-order valence-electron chi connectivity index (χ1n) is 10.7. The molecule has 1 aromatic carbocycles. The van der Waals surface area contributed by atoms with Crippen LogP contribution in [0.3, 0.4) is 0 Å². The van der Waals surface area contributed by atoms with E-state index in [-0.39, 0.29) is 12.0 Å². The number of imidazole rings is 1. The summed E-state index contributed by atoms with van der Waals surface area (Å²) in [6.07, 6.45) is 2.17. The standard InChI is InChI=1S/C22H27N5O4S/c1-4-15-19(32-13(3)24-15)21(29)26-22-25-16-10-14(20(23)28)11-17-18(16)27(22)7-5-8-30-12(2)6-9-31-17/h10-12H,4-9H2,1-3H3,(H2,23,28)(H,25,26,29). The van der Waals surface area contributed by atoms with Crippen LogP contribution in [0.1, 0.15) is 57.4 Å². The van der Waals surface area contributed by atoms with Crippen LogP contribution < -0.4 is 15.8 Å². The van der Waals surface area contributed by atoms with Crippen LogP contribution >= 0.6 is 11.3 Å². The average molecular weight is 458 g/mol. The van der Waals surface area contributed by atoms with Gasteiger partial charge in [0.25, 0.3) is 5.91 Å². The molecule has 1 unspecified atom stereocenters. The van der Waals surface area contributed by atoms with E-state index in [2.05, 4.69) is 15.3 Å². The molecule has 170 valence electrons. The molecule has 3 N–H and O–H groups in total. The summed E-state index contributed by atoms with van der Waals surface area (Å²) in [4.78, 5) is 34.6. The Bertz CT molecular complexity index is 1170. The van der Waals surface area contributed by atoms with Gasteiger partial charge in [0.2, 0.25) is 11.9 Å². The van der Waals surface area contributed by atoms with E-state index < -0.39 is 5.91 Å². The summed E-state index contributed by atoms with van der Waals surface area (Å²) < 4.78 is 13.8. The summed E-state index contributed by atoms with van der Waals surface area (Å²) in [6, 6.07) is 3.27. The summed E-state index contributed by atoms with van der Waals surface area (Å²) >= 11 is 1.36. The fourth-order valence-electron chi connectivity index (χ4n) is 3.77. The predicted octanol–water partition coefficient (Wildman–Crippen LogP) is 3.29. The number of benzene rings is 1. The molecule has 0 radical (unpaired) electrons. The normalized spacial score (nSPS) is 16.9. The number of nitrogens with zero attached hydrogens (tertiary/aromatic N) is 3. The zero-order valence-corrected chi connectivity index (χ0v) is 19.3. The Morgan fingerprint density at radius 3 is 2.88 bits per heavy atom. The number of carbonyl (C=O) groups is 2. The number of carbonyl (C=O) groups excluding carboxylic acids is 2. The molecule has 1 atom stereocenters. The second-order valence-electron chi connectivity index (χ2n) is 7.78. The number of anilines is 1. The number of aryl methyl sites for hydroxylation is 3. The Balaban J connectivity index is 1.79. The molecule has 1 aliphatic rings. The van der Waals surface area contributed by atoms with Crippen LogP contribution in [-0.4, -0.2) is 45.7 Å². The smallest absolute Gasteiger partial charge is 0.269 e. The Morgan fingerprint density at radius 2 is 2.12 bits per heavy atom. The number of aromatic nitrogens is 3. The van der Waals surface area contributed by atoms with Gasteiger partial charge in [0, 0.05) is 25.1 Å². The Kier molecular flexibility index (Phi) is 6.43. The number of rotatable bonds is 4. The number of thiazole rings is 1. The van der Waals surface area contributed by atoms with Crippen molar-refractivity contribution in [2.45, 2.75) is 52.7 Å². The van der Waals surface area contributed by atoms with Gasteiger partial charge in [-0.3, -0.25) is 14.9 Å². The number of hydrogen-bond acceptors (Lipinski definition) is 7. The van der Waals surface area contributed by atoms with Crippen LogP contribution in [0.5, 0.6) is 5.75 Å². The highest BCUT2D eigenvalue weighted by atomic mass is 32.1. The zero-order valence-electron chi connectivity index (χ0n) is 18.4. The molecule has 3 aromatic rings. The van der Waals surface area contributed by atoms with Crippen LogP contribution in [0, 0.1) is 6.92 Å². The van der Waals surface area contributed by atoms with Crippen molar-refractivity contribution in [3.05, 3.63) is 33.3 Å². The lowest BCUT2D eigenvalue weighted by molar-refractivity contribution is 0.0485. The zero-order chi connectivity index (χ0) is 22.8. The van der Waals surface area contributed by atoms with Gasteiger partial charge in [0.05, 0.1) is 28.9 Å². The number of primary amides is 1. The van der Waals surface area contributed by atoms with E-state index in [1.54, 1.807) is 12.1 Å². The first-order chi connectivity index (χ1) is 15.4. The number of ether oxygens (including phenoxy) is 2. The summed E-state index contributed by atoms with van der Waals surface area (Å²) in [7, 11) is 0. The van der Waals surface area contributed by atoms with Gasteiger partial charge in [0.15, 0.2) is 0 Å². The second-order valence-corrected chi connectivity index (χ2v) is 8.99. The molecule has 9 nitrogen and oxygen atoms in total. The molecule has 10 heteroatoms. The molecule has 0 saturated carbocycles. The third kappa shape index (κ3) is 4.46. The minimum absolute atomic E-state index is 0.0570. The third-order valence-corrected chi connectivity index (χ3v) is 6.38. The number of amides is 2. The molecule has 2 aromatic heterocycles. The Morgan fingerprint density at radius 1 is 1.31 bits per heavy atom. The summed E-state index contributed by atoms with van der Waals surface area (Å²) in [5.74, 6) is 0.0829. The SMILES string of the molecule is CCc1nc(C)sc1C(=O)Nc1nc2cc(C(N)=O)cc3c2n1CCCOC(C)CCO3. The average Bonchev–Trinajstić information content (AvgIpc) is 3.29. The predicted molar refractivity (Wildman–Crippen MR) is 123 cm³/mol. The van der Waals surface area contributed by atoms with Crippen molar-refractivity contribution in [3.8, 4) is 5.75 Å². The van der Waals surface area contributed by atoms with Gasteiger partial charge in [-0.05, 0) is 38.8 Å². The molecular formula is C22H27N5O4S. The van der Waals surface area contributed by atoms with Gasteiger partial charge >= 0.3 is 0 Å². The second kappa shape index (κ2) is 9.25. The molecule has 0 aliphatic carbocycles. The van der Waals surface area contributed by atoms with Crippen LogP contribution in [0.25, 0.3) is 11.0 Å². The lowest BCUT2D eigenvalue weighted by Gasteiger charge is -2.13. The van der Waals surface area contributed by atoms with Crippen molar-refractivity contribution in [1.29, 1.82) is 0 Å². The van der Waals surface area contributed by atoms with Gasteiger partial charge in [-0.1, -0.05) is 6.92 Å². The van der Waals surface area contributed by atoms with Crippen molar-refractivity contribution >= 4 is 40.1 Å². The highest BCUT2D eigenvalue weighted by Gasteiger charge is 2.23. The van der Waals surface area contributed by atoms with E-state index in [9.17, 15) is 9.59 Å². The highest BCUT2D eigenvalue weighted by Crippen LogP contribution is 2.32. The Hall–Kier alpha value is -2.98. The lowest BCUT2D eigenvalue weighted by Crippen LogP contribution is -2.17. The quantitative estimate of drug-likeness (QED) is 0.620. The van der Waals surface area contributed by atoms with Crippen molar-refractivity contribution in [3.63, 3.8) is 0 Å². The fourth-order valence-corrected chi connectivity index (χ4v) is 4.67. The van der Waals surface area contributed by atoms with Gasteiger partial charge in [-0.25, -0.2) is 9.97 Å². The maximum Gasteiger partial charge on any atom is 0.269 e. The molecule has 3 heterocycles. The molecule has 0 saturated heterocycles. The van der Waals surface area contributed by atoms with E-state index >= 15 is 0 Å². The summed E-state index contributed by atoms with van der Waals surface area (Å²) in [5.41, 5.74) is 7.86. The topological polar surface area (TPSA) is 121 Å². The molecule has 1 aliphatic heterocycles. The van der Waals surface area contributed by atoms with Crippen molar-refractivity contribution in [2.75, 3.05) is 18.5 Å². The number of nitrogens with one attached hydrogen (secondary N) is 1. The van der Waals surface area contributed by atoms with Crippen LogP contribution in [-0.2, 0) is 17.7 Å². The molecule has 0 fully saturated rings. The van der Waals surface area contributed by atoms with Crippen molar-refractivity contribution < 1.29 is 19.1 Å². The van der Waals surface area contributed by atoms with E-state index in [1.807, 2.05) is 25.3 Å². The lowest BCUT2D eigenvalue weighted by atomic mass is 10.1. The maximum absolute atomic E-state index is 13.1. The van der Waals surface area contributed by atoms with E-state index in [0.717, 1.165) is 22.6 Å². The van der Waals surface area contributed by atoms with Crippen LogP contribution in [0.4, 0.5) is 5.95 Å². The third-order valence-electron chi connectivity index (χ3n) is 5.37. The maximum atomic E-state index is 13.1. The minimum Gasteiger partial charge on any atom is -0.491 e. The minimum atomic E-state index is -0.564. The number of nitrogens with two attached hydrogens (primary N) is 1. The molecular weight excluding hydrogens is 430 g/mol. The van der Waals surface area contributed by atoms with E-state index in [1.165, 1.54) is 11.3 Å². The summed E-state index contributed by atoms with van der Waals surface area (Å²) in [5, 5.41) is 3.78. The van der Waals surface area contributed by atoms with Gasteiger partial charge < -0.3 is 19.8 Å². The van der Waals surface area contributed by atoms with Crippen LogP contribution in [0.15, 0.2) is 12.1 Å². The monoisotopic (exact) mass is 457 g/mol. The van der Waals surface area contributed by atoms with E-state index in [4.69, 9.17) is 15.2 Å².